The molecule has 152 valence electrons. The zero-order valence-corrected chi connectivity index (χ0v) is 16.5. The van der Waals surface area contributed by atoms with Crippen LogP contribution in [0, 0.1) is 6.92 Å². The van der Waals surface area contributed by atoms with Gasteiger partial charge in [-0.2, -0.15) is 0 Å². The normalized spacial score (nSPS) is 26.4. The summed E-state index contributed by atoms with van der Waals surface area (Å²) in [4.78, 5) is 37.0. The molecular weight excluding hydrogens is 366 g/mol. The second kappa shape index (κ2) is 8.18. The number of hydrogen-bond donors (Lipinski definition) is 0. The highest BCUT2D eigenvalue weighted by Gasteiger charge is 2.49. The molecule has 2 aliphatic rings. The van der Waals surface area contributed by atoms with E-state index in [9.17, 15) is 14.4 Å². The van der Waals surface area contributed by atoms with Crippen molar-refractivity contribution in [2.75, 3.05) is 18.1 Å². The molecule has 3 rings (SSSR count). The van der Waals surface area contributed by atoms with Gasteiger partial charge < -0.3 is 23.8 Å². The van der Waals surface area contributed by atoms with Crippen LogP contribution in [0.3, 0.4) is 0 Å². The number of benzene rings is 1. The molecule has 1 saturated heterocycles. The van der Waals surface area contributed by atoms with Crippen LogP contribution in [0.4, 0.5) is 5.69 Å². The summed E-state index contributed by atoms with van der Waals surface area (Å²) in [5.74, 6) is -1.63. The van der Waals surface area contributed by atoms with E-state index in [0.29, 0.717) is 6.54 Å². The van der Waals surface area contributed by atoms with Crippen LogP contribution < -0.4 is 4.90 Å². The molecular formula is C20H25NO7. The van der Waals surface area contributed by atoms with E-state index in [0.717, 1.165) is 12.1 Å². The number of carbonyl (C=O) groups is 3. The van der Waals surface area contributed by atoms with Crippen molar-refractivity contribution in [1.29, 1.82) is 0 Å². The number of nitrogens with zero attached hydrogens (tertiary/aromatic N) is 1. The summed E-state index contributed by atoms with van der Waals surface area (Å²) >= 11 is 0. The molecule has 2 aliphatic heterocycles. The van der Waals surface area contributed by atoms with Crippen molar-refractivity contribution in [2.24, 2.45) is 0 Å². The van der Waals surface area contributed by atoms with Gasteiger partial charge >= 0.3 is 17.9 Å². The fourth-order valence-electron chi connectivity index (χ4n) is 3.89. The molecule has 0 bridgehead atoms. The van der Waals surface area contributed by atoms with Crippen LogP contribution >= 0.6 is 0 Å². The molecule has 2 heterocycles. The lowest BCUT2D eigenvalue weighted by Gasteiger charge is -2.44. The summed E-state index contributed by atoms with van der Waals surface area (Å²) in [6.45, 7) is 6.54. The fraction of sp³-hybridized carbons (Fsp3) is 0.550. The van der Waals surface area contributed by atoms with Gasteiger partial charge in [-0.15, -0.1) is 0 Å². The van der Waals surface area contributed by atoms with Gasteiger partial charge in [0, 0.05) is 33.0 Å². The molecule has 0 N–H and O–H groups in total. The molecule has 0 spiro atoms. The maximum absolute atomic E-state index is 11.8. The van der Waals surface area contributed by atoms with Gasteiger partial charge in [0.2, 0.25) is 0 Å². The molecule has 4 atom stereocenters. The van der Waals surface area contributed by atoms with E-state index in [1.54, 1.807) is 0 Å². The maximum atomic E-state index is 11.8. The molecule has 4 unspecified atom stereocenters. The highest BCUT2D eigenvalue weighted by molar-refractivity contribution is 5.69. The zero-order chi connectivity index (χ0) is 20.4. The van der Waals surface area contributed by atoms with Crippen molar-refractivity contribution >= 4 is 23.6 Å². The molecule has 0 radical (unpaired) electrons. The summed E-state index contributed by atoms with van der Waals surface area (Å²) in [5.41, 5.74) is 3.38. The molecule has 0 amide bonds. The highest BCUT2D eigenvalue weighted by Crippen LogP contribution is 2.36. The van der Waals surface area contributed by atoms with Gasteiger partial charge in [-0.25, -0.2) is 0 Å². The zero-order valence-electron chi connectivity index (χ0n) is 16.5. The Morgan fingerprint density at radius 3 is 2.29 bits per heavy atom. The van der Waals surface area contributed by atoms with Crippen LogP contribution in [0.5, 0.6) is 0 Å². The smallest absolute Gasteiger partial charge is 0.303 e. The van der Waals surface area contributed by atoms with Crippen molar-refractivity contribution in [3.05, 3.63) is 29.3 Å². The first kappa shape index (κ1) is 20.1. The first-order valence-electron chi connectivity index (χ1n) is 9.26. The van der Waals surface area contributed by atoms with Gasteiger partial charge in [0.1, 0.15) is 0 Å². The third-order valence-corrected chi connectivity index (χ3v) is 4.93. The lowest BCUT2D eigenvalue weighted by Crippen LogP contribution is -2.62. The molecule has 8 heteroatoms. The summed E-state index contributed by atoms with van der Waals surface area (Å²) in [7, 11) is 0. The monoisotopic (exact) mass is 391 g/mol. The Balaban J connectivity index is 1.95. The van der Waals surface area contributed by atoms with Gasteiger partial charge in [-0.1, -0.05) is 12.1 Å². The SMILES string of the molecule is CC(=O)OC1COC(N2CCc3c(C)cccc32)C(OC(C)=O)C1OC(C)=O. The van der Waals surface area contributed by atoms with Gasteiger partial charge in [0.05, 0.1) is 6.61 Å². The Morgan fingerprint density at radius 2 is 1.64 bits per heavy atom. The molecule has 1 aromatic rings. The highest BCUT2D eigenvalue weighted by atomic mass is 16.6. The molecule has 0 aliphatic carbocycles. The molecule has 1 fully saturated rings. The molecule has 0 aromatic heterocycles. The second-order valence-electron chi connectivity index (χ2n) is 7.04. The summed E-state index contributed by atoms with van der Waals surface area (Å²) in [6.07, 6.45) is -2.59. The lowest BCUT2D eigenvalue weighted by molar-refractivity contribution is -0.225. The number of rotatable bonds is 4. The van der Waals surface area contributed by atoms with Crippen molar-refractivity contribution in [3.8, 4) is 0 Å². The first-order chi connectivity index (χ1) is 13.3. The van der Waals surface area contributed by atoms with E-state index in [2.05, 4.69) is 0 Å². The minimum Gasteiger partial charge on any atom is -0.456 e. The summed E-state index contributed by atoms with van der Waals surface area (Å²) in [6, 6.07) is 6.00. The maximum Gasteiger partial charge on any atom is 0.303 e. The van der Waals surface area contributed by atoms with Crippen molar-refractivity contribution in [3.63, 3.8) is 0 Å². The minimum atomic E-state index is -0.960. The van der Waals surface area contributed by atoms with E-state index in [4.69, 9.17) is 18.9 Å². The number of carbonyl (C=O) groups excluding carboxylic acids is 3. The quantitative estimate of drug-likeness (QED) is 0.563. The Kier molecular flexibility index (Phi) is 5.88. The third kappa shape index (κ3) is 4.11. The van der Waals surface area contributed by atoms with E-state index >= 15 is 0 Å². The summed E-state index contributed by atoms with van der Waals surface area (Å²) < 4.78 is 22.2. The van der Waals surface area contributed by atoms with E-state index in [1.807, 2.05) is 30.0 Å². The Labute approximate surface area is 163 Å². The molecule has 1 aromatic carbocycles. The predicted molar refractivity (Wildman–Crippen MR) is 98.6 cm³/mol. The van der Waals surface area contributed by atoms with Crippen LogP contribution in [-0.4, -0.2) is 55.6 Å². The van der Waals surface area contributed by atoms with Gasteiger partial charge in [-0.05, 0) is 30.5 Å². The van der Waals surface area contributed by atoms with Crippen LogP contribution in [0.15, 0.2) is 18.2 Å². The van der Waals surface area contributed by atoms with Crippen LogP contribution in [-0.2, 0) is 39.8 Å². The number of hydrogen-bond acceptors (Lipinski definition) is 8. The average Bonchev–Trinajstić information content (AvgIpc) is 3.02. The Morgan fingerprint density at radius 1 is 1.00 bits per heavy atom. The average molecular weight is 391 g/mol. The van der Waals surface area contributed by atoms with Gasteiger partial charge in [-0.3, -0.25) is 14.4 Å². The second-order valence-corrected chi connectivity index (χ2v) is 7.04. The van der Waals surface area contributed by atoms with Crippen molar-refractivity contribution in [1.82, 2.24) is 0 Å². The lowest BCUT2D eigenvalue weighted by atomic mass is 10.0. The van der Waals surface area contributed by atoms with E-state index < -0.39 is 42.4 Å². The molecule has 28 heavy (non-hydrogen) atoms. The first-order valence-corrected chi connectivity index (χ1v) is 9.26. The van der Waals surface area contributed by atoms with Crippen molar-refractivity contribution in [2.45, 2.75) is 58.7 Å². The number of aryl methyl sites for hydroxylation is 1. The van der Waals surface area contributed by atoms with E-state index in [1.165, 1.54) is 31.9 Å². The number of fused-ring (bicyclic) bond motifs is 1. The summed E-state index contributed by atoms with van der Waals surface area (Å²) in [5, 5.41) is 0. The van der Waals surface area contributed by atoms with Gasteiger partial charge in [0.25, 0.3) is 0 Å². The van der Waals surface area contributed by atoms with Crippen molar-refractivity contribution < 1.29 is 33.3 Å². The third-order valence-electron chi connectivity index (χ3n) is 4.93. The number of esters is 3. The Bertz CT molecular complexity index is 778. The topological polar surface area (TPSA) is 91.4 Å². The standard InChI is InChI=1S/C20H25NO7/c1-11-6-5-7-16-15(11)8-9-21(16)20-19(28-14(4)24)18(27-13(3)23)17(10-25-20)26-12(2)22/h5-7,17-20H,8-10H2,1-4H3. The van der Waals surface area contributed by atoms with Crippen LogP contribution in [0.2, 0.25) is 0 Å². The fourth-order valence-corrected chi connectivity index (χ4v) is 3.89. The minimum absolute atomic E-state index is 0.0254. The molecule has 0 saturated carbocycles. The number of ether oxygens (including phenoxy) is 4. The van der Waals surface area contributed by atoms with Crippen LogP contribution in [0.1, 0.15) is 31.9 Å². The van der Waals surface area contributed by atoms with E-state index in [-0.39, 0.29) is 6.61 Å². The Hall–Kier alpha value is -2.61. The van der Waals surface area contributed by atoms with Crippen LogP contribution in [0.25, 0.3) is 0 Å². The largest absolute Gasteiger partial charge is 0.456 e. The predicted octanol–water partition coefficient (Wildman–Crippen LogP) is 1.51. The number of anilines is 1. The molecule has 8 nitrogen and oxygen atoms in total. The van der Waals surface area contributed by atoms with Gasteiger partial charge in [0.15, 0.2) is 24.5 Å².